The monoisotopic (exact) mass is 387 g/mol. The maximum atomic E-state index is 12.6. The van der Waals surface area contributed by atoms with Crippen molar-refractivity contribution >= 4 is 40.4 Å². The van der Waals surface area contributed by atoms with Crippen LogP contribution in [-0.4, -0.2) is 42.7 Å². The number of nitrogens with zero attached hydrogens (tertiary/aromatic N) is 1. The second-order valence-electron chi connectivity index (χ2n) is 5.53. The standard InChI is InChI=1S/C19H17NO6S/c1-2-25-9-10-26-19(24)12-5-7-13(8-6-12)20-17(22)15(16(21)18(20)23)14-4-3-11-27-14/h3-8,11,21H,2,9-10H2,1H3. The maximum Gasteiger partial charge on any atom is 0.338 e. The summed E-state index contributed by atoms with van der Waals surface area (Å²) in [5, 5.41) is 11.9. The molecule has 0 radical (unpaired) electrons. The number of ether oxygens (including phenoxy) is 2. The Kier molecular flexibility index (Phi) is 5.68. The highest BCUT2D eigenvalue weighted by molar-refractivity contribution is 7.11. The highest BCUT2D eigenvalue weighted by Gasteiger charge is 2.40. The number of hydrogen-bond donors (Lipinski definition) is 1. The van der Waals surface area contributed by atoms with E-state index in [1.807, 2.05) is 6.92 Å². The lowest BCUT2D eigenvalue weighted by atomic mass is 10.2. The first-order valence-corrected chi connectivity index (χ1v) is 9.13. The molecular formula is C19H17NO6S. The van der Waals surface area contributed by atoms with Gasteiger partial charge in [0.25, 0.3) is 5.91 Å². The summed E-state index contributed by atoms with van der Waals surface area (Å²) >= 11 is 1.26. The van der Waals surface area contributed by atoms with Crippen molar-refractivity contribution in [2.75, 3.05) is 24.7 Å². The molecule has 1 aliphatic rings. The Hall–Kier alpha value is -2.97. The molecule has 1 aliphatic heterocycles. The van der Waals surface area contributed by atoms with Crippen molar-refractivity contribution in [1.29, 1.82) is 0 Å². The van der Waals surface area contributed by atoms with E-state index in [1.165, 1.54) is 35.6 Å². The molecule has 7 nitrogen and oxygen atoms in total. The number of carbonyl (C=O) groups excluding carboxylic acids is 3. The van der Waals surface area contributed by atoms with E-state index in [9.17, 15) is 19.5 Å². The molecule has 1 aromatic carbocycles. The number of benzene rings is 1. The molecule has 0 fully saturated rings. The van der Waals surface area contributed by atoms with Crippen molar-refractivity contribution in [3.63, 3.8) is 0 Å². The molecule has 27 heavy (non-hydrogen) atoms. The molecule has 0 aliphatic carbocycles. The van der Waals surface area contributed by atoms with Gasteiger partial charge >= 0.3 is 11.9 Å². The van der Waals surface area contributed by atoms with Gasteiger partial charge in [-0.25, -0.2) is 9.69 Å². The average Bonchev–Trinajstić information content (AvgIpc) is 3.26. The number of carbonyl (C=O) groups is 3. The van der Waals surface area contributed by atoms with Crippen LogP contribution in [0.2, 0.25) is 0 Å². The van der Waals surface area contributed by atoms with Crippen LogP contribution in [0.1, 0.15) is 22.2 Å². The van der Waals surface area contributed by atoms with Gasteiger partial charge in [0.15, 0.2) is 5.76 Å². The molecule has 1 N–H and O–H groups in total. The zero-order valence-electron chi connectivity index (χ0n) is 14.5. The number of aliphatic hydroxyl groups excluding tert-OH is 1. The first-order chi connectivity index (χ1) is 13.0. The van der Waals surface area contributed by atoms with E-state index < -0.39 is 23.5 Å². The van der Waals surface area contributed by atoms with E-state index in [4.69, 9.17) is 9.47 Å². The van der Waals surface area contributed by atoms with E-state index in [-0.39, 0.29) is 23.4 Å². The van der Waals surface area contributed by atoms with Crippen LogP contribution in [0.3, 0.4) is 0 Å². The fraction of sp³-hybridized carbons (Fsp3) is 0.211. The molecular weight excluding hydrogens is 370 g/mol. The van der Waals surface area contributed by atoms with Gasteiger partial charge in [-0.2, -0.15) is 0 Å². The fourth-order valence-electron chi connectivity index (χ4n) is 2.56. The van der Waals surface area contributed by atoms with Crippen LogP contribution < -0.4 is 4.90 Å². The molecule has 8 heteroatoms. The summed E-state index contributed by atoms with van der Waals surface area (Å²) < 4.78 is 10.2. The molecule has 0 unspecified atom stereocenters. The van der Waals surface area contributed by atoms with Crippen LogP contribution in [0.25, 0.3) is 5.57 Å². The maximum absolute atomic E-state index is 12.6. The summed E-state index contributed by atoms with van der Waals surface area (Å²) in [6.07, 6.45) is 0. The third kappa shape index (κ3) is 3.76. The predicted octanol–water partition coefficient (Wildman–Crippen LogP) is 2.78. The van der Waals surface area contributed by atoms with Crippen molar-refractivity contribution in [1.82, 2.24) is 0 Å². The largest absolute Gasteiger partial charge is 0.502 e. The number of esters is 1. The van der Waals surface area contributed by atoms with Gasteiger partial charge in [-0.05, 0) is 42.6 Å². The fourth-order valence-corrected chi connectivity index (χ4v) is 3.33. The van der Waals surface area contributed by atoms with Crippen LogP contribution in [-0.2, 0) is 19.1 Å². The van der Waals surface area contributed by atoms with E-state index >= 15 is 0 Å². The third-order valence-electron chi connectivity index (χ3n) is 3.85. The molecule has 0 atom stereocenters. The van der Waals surface area contributed by atoms with Crippen molar-refractivity contribution < 1.29 is 29.0 Å². The Morgan fingerprint density at radius 1 is 1.11 bits per heavy atom. The Bertz CT molecular complexity index is 885. The van der Waals surface area contributed by atoms with E-state index in [0.29, 0.717) is 18.1 Å². The lowest BCUT2D eigenvalue weighted by Gasteiger charge is -2.14. The second kappa shape index (κ2) is 8.15. The molecule has 0 saturated heterocycles. The molecule has 1 aromatic heterocycles. The number of thiophene rings is 1. The molecule has 3 rings (SSSR count). The first-order valence-electron chi connectivity index (χ1n) is 8.25. The van der Waals surface area contributed by atoms with Gasteiger partial charge in [-0.1, -0.05) is 6.07 Å². The van der Waals surface area contributed by atoms with Crippen molar-refractivity contribution in [3.05, 3.63) is 58.0 Å². The minimum atomic E-state index is -0.796. The molecule has 0 saturated carbocycles. The van der Waals surface area contributed by atoms with Gasteiger partial charge in [0.05, 0.1) is 17.9 Å². The number of hydrogen-bond acceptors (Lipinski definition) is 7. The van der Waals surface area contributed by atoms with Crippen molar-refractivity contribution in [2.45, 2.75) is 6.92 Å². The van der Waals surface area contributed by atoms with Gasteiger partial charge in [-0.15, -0.1) is 11.3 Å². The van der Waals surface area contributed by atoms with Crippen LogP contribution in [0, 0.1) is 0 Å². The predicted molar refractivity (Wildman–Crippen MR) is 99.6 cm³/mol. The van der Waals surface area contributed by atoms with E-state index in [1.54, 1.807) is 17.5 Å². The zero-order chi connectivity index (χ0) is 19.4. The zero-order valence-corrected chi connectivity index (χ0v) is 15.3. The minimum absolute atomic E-state index is 0.0191. The van der Waals surface area contributed by atoms with Gasteiger partial charge < -0.3 is 14.6 Å². The van der Waals surface area contributed by atoms with Crippen LogP contribution in [0.4, 0.5) is 5.69 Å². The normalized spacial score (nSPS) is 14.2. The summed E-state index contributed by atoms with van der Waals surface area (Å²) in [7, 11) is 0. The van der Waals surface area contributed by atoms with Crippen LogP contribution in [0.5, 0.6) is 0 Å². The van der Waals surface area contributed by atoms with E-state index in [2.05, 4.69) is 0 Å². The average molecular weight is 387 g/mol. The van der Waals surface area contributed by atoms with Crippen molar-refractivity contribution in [2.24, 2.45) is 0 Å². The van der Waals surface area contributed by atoms with Gasteiger partial charge in [0, 0.05) is 11.5 Å². The summed E-state index contributed by atoms with van der Waals surface area (Å²) in [5.41, 5.74) is 0.522. The highest BCUT2D eigenvalue weighted by Crippen LogP contribution is 2.33. The number of rotatable bonds is 7. The minimum Gasteiger partial charge on any atom is -0.502 e. The smallest absolute Gasteiger partial charge is 0.338 e. The molecule has 140 valence electrons. The third-order valence-corrected chi connectivity index (χ3v) is 4.74. The van der Waals surface area contributed by atoms with Gasteiger partial charge in [0.2, 0.25) is 0 Å². The van der Waals surface area contributed by atoms with Gasteiger partial charge in [-0.3, -0.25) is 9.59 Å². The molecule has 0 spiro atoms. The number of anilines is 1. The van der Waals surface area contributed by atoms with Crippen molar-refractivity contribution in [3.8, 4) is 0 Å². The first kappa shape index (κ1) is 18.8. The summed E-state index contributed by atoms with van der Waals surface area (Å²) in [6.45, 7) is 2.84. The molecule has 2 aromatic rings. The van der Waals surface area contributed by atoms with E-state index in [0.717, 1.165) is 4.90 Å². The van der Waals surface area contributed by atoms with Crippen LogP contribution in [0.15, 0.2) is 47.5 Å². The lowest BCUT2D eigenvalue weighted by Crippen LogP contribution is -2.31. The highest BCUT2D eigenvalue weighted by atomic mass is 32.1. The Morgan fingerprint density at radius 3 is 2.48 bits per heavy atom. The molecule has 2 heterocycles. The SMILES string of the molecule is CCOCCOC(=O)c1ccc(N2C(=O)C(O)=C(c3cccs3)C2=O)cc1. The Balaban J connectivity index is 1.73. The lowest BCUT2D eigenvalue weighted by molar-refractivity contribution is -0.121. The Morgan fingerprint density at radius 2 is 1.85 bits per heavy atom. The summed E-state index contributed by atoms with van der Waals surface area (Å²) in [4.78, 5) is 38.3. The topological polar surface area (TPSA) is 93.1 Å². The molecule has 2 amide bonds. The molecule has 0 bridgehead atoms. The number of imide groups is 1. The number of aliphatic hydroxyl groups is 1. The summed E-state index contributed by atoms with van der Waals surface area (Å²) in [5.74, 6) is -2.51. The summed E-state index contributed by atoms with van der Waals surface area (Å²) in [6, 6.07) is 9.22. The van der Waals surface area contributed by atoms with Crippen LogP contribution >= 0.6 is 11.3 Å². The number of amides is 2. The second-order valence-corrected chi connectivity index (χ2v) is 6.47. The quantitative estimate of drug-likeness (QED) is 0.446. The Labute approximate surface area is 159 Å². The van der Waals surface area contributed by atoms with Gasteiger partial charge in [0.1, 0.15) is 12.2 Å².